The lowest BCUT2D eigenvalue weighted by atomic mass is 9.97. The Hall–Kier alpha value is -4.85. The minimum atomic E-state index is -0.727. The molecule has 1 aliphatic rings. The molecule has 1 heterocycles. The quantitative estimate of drug-likeness (QED) is 0.287. The summed E-state index contributed by atoms with van der Waals surface area (Å²) in [5.41, 5.74) is 2.79. The smallest absolute Gasteiger partial charge is 0.342 e. The Bertz CT molecular complexity index is 1550. The molecule has 5 rings (SSSR count). The van der Waals surface area contributed by atoms with Crippen LogP contribution in [0.3, 0.4) is 0 Å². The van der Waals surface area contributed by atoms with Gasteiger partial charge >= 0.3 is 5.97 Å². The van der Waals surface area contributed by atoms with E-state index in [4.69, 9.17) is 24.0 Å². The monoisotopic (exact) mass is 524 g/mol. The number of hydrogen-bond acceptors (Lipinski definition) is 7. The fourth-order valence-electron chi connectivity index (χ4n) is 4.68. The summed E-state index contributed by atoms with van der Waals surface area (Å²) in [6.07, 6.45) is 0.533. The number of hydrogen-bond donors (Lipinski definition) is 0. The van der Waals surface area contributed by atoms with Gasteiger partial charge in [0.25, 0.3) is 5.91 Å². The Morgan fingerprint density at radius 1 is 0.795 bits per heavy atom. The number of ether oxygens (including phenoxy) is 4. The van der Waals surface area contributed by atoms with Crippen molar-refractivity contribution in [3.8, 4) is 17.2 Å². The van der Waals surface area contributed by atoms with E-state index in [2.05, 4.69) is 12.1 Å². The van der Waals surface area contributed by atoms with Crippen LogP contribution in [-0.2, 0) is 9.53 Å². The SMILES string of the molecule is COc1cc(OC)c(C(=O)OCC(=O)N2N=C(c3ccc4ccccc4c3)CC2c2ccccc2)cc1OC. The van der Waals surface area contributed by atoms with Crippen molar-refractivity contribution in [2.24, 2.45) is 5.10 Å². The third kappa shape index (κ3) is 5.27. The van der Waals surface area contributed by atoms with Crippen molar-refractivity contribution in [3.05, 3.63) is 102 Å². The number of esters is 1. The lowest BCUT2D eigenvalue weighted by Crippen LogP contribution is -2.31. The molecule has 0 fully saturated rings. The predicted octanol–water partition coefficient (Wildman–Crippen LogP) is 5.40. The van der Waals surface area contributed by atoms with Gasteiger partial charge in [0.05, 0.1) is 33.1 Å². The van der Waals surface area contributed by atoms with Crippen LogP contribution in [0, 0.1) is 0 Å². The third-order valence-electron chi connectivity index (χ3n) is 6.69. The molecule has 0 N–H and O–H groups in total. The number of fused-ring (bicyclic) bond motifs is 1. The van der Waals surface area contributed by atoms with E-state index in [1.54, 1.807) is 0 Å². The highest BCUT2D eigenvalue weighted by Gasteiger charge is 2.34. The van der Waals surface area contributed by atoms with Gasteiger partial charge in [-0.3, -0.25) is 4.79 Å². The second kappa shape index (κ2) is 11.3. The molecule has 1 atom stereocenters. The van der Waals surface area contributed by atoms with Crippen molar-refractivity contribution < 1.29 is 28.5 Å². The molecule has 1 amide bonds. The molecule has 0 saturated heterocycles. The highest BCUT2D eigenvalue weighted by Crippen LogP contribution is 2.36. The molecule has 0 aliphatic carbocycles. The van der Waals surface area contributed by atoms with Crippen molar-refractivity contribution >= 4 is 28.4 Å². The van der Waals surface area contributed by atoms with Gasteiger partial charge < -0.3 is 18.9 Å². The maximum Gasteiger partial charge on any atom is 0.342 e. The zero-order chi connectivity index (χ0) is 27.4. The Balaban J connectivity index is 1.39. The molecule has 4 aromatic carbocycles. The van der Waals surface area contributed by atoms with E-state index in [-0.39, 0.29) is 17.4 Å². The Morgan fingerprint density at radius 2 is 1.46 bits per heavy atom. The van der Waals surface area contributed by atoms with Crippen LogP contribution in [-0.4, -0.2) is 50.5 Å². The van der Waals surface area contributed by atoms with Gasteiger partial charge in [0, 0.05) is 18.6 Å². The van der Waals surface area contributed by atoms with Crippen LogP contribution in [0.5, 0.6) is 17.2 Å². The first-order valence-corrected chi connectivity index (χ1v) is 12.4. The maximum atomic E-state index is 13.4. The van der Waals surface area contributed by atoms with Crippen molar-refractivity contribution in [1.82, 2.24) is 5.01 Å². The van der Waals surface area contributed by atoms with Crippen LogP contribution in [0.4, 0.5) is 0 Å². The van der Waals surface area contributed by atoms with E-state index in [9.17, 15) is 9.59 Å². The zero-order valence-electron chi connectivity index (χ0n) is 21.9. The number of hydrazone groups is 1. The molecule has 8 heteroatoms. The molecule has 1 unspecified atom stereocenters. The van der Waals surface area contributed by atoms with Crippen molar-refractivity contribution in [2.45, 2.75) is 12.5 Å². The fourth-order valence-corrected chi connectivity index (χ4v) is 4.68. The molecule has 0 saturated carbocycles. The van der Waals surface area contributed by atoms with E-state index in [0.717, 1.165) is 27.6 Å². The standard InChI is InChI=1S/C31H28N2O6/c1-36-27-18-29(38-3)28(37-2)16-24(27)31(35)39-19-30(34)33-26(21-10-5-4-6-11-21)17-25(32-33)23-14-13-20-9-7-8-12-22(20)15-23/h4-16,18,26H,17,19H2,1-3H3. The lowest BCUT2D eigenvalue weighted by Gasteiger charge is -2.22. The molecule has 4 aromatic rings. The zero-order valence-corrected chi connectivity index (χ0v) is 21.9. The molecular weight excluding hydrogens is 496 g/mol. The average molecular weight is 525 g/mol. The number of methoxy groups -OCH3 is 3. The van der Waals surface area contributed by atoms with Crippen LogP contribution in [0.1, 0.15) is 33.9 Å². The summed E-state index contributed by atoms with van der Waals surface area (Å²) in [6, 6.07) is 26.6. The van der Waals surface area contributed by atoms with Crippen LogP contribution in [0.15, 0.2) is 90.0 Å². The minimum Gasteiger partial charge on any atom is -0.496 e. The van der Waals surface area contributed by atoms with E-state index in [0.29, 0.717) is 17.9 Å². The van der Waals surface area contributed by atoms with E-state index >= 15 is 0 Å². The Kier molecular flexibility index (Phi) is 7.45. The second-order valence-electron chi connectivity index (χ2n) is 8.96. The van der Waals surface area contributed by atoms with Crippen molar-refractivity contribution in [1.29, 1.82) is 0 Å². The van der Waals surface area contributed by atoms with E-state index in [1.807, 2.05) is 60.7 Å². The topological polar surface area (TPSA) is 86.7 Å². The number of carbonyl (C=O) groups is 2. The van der Waals surface area contributed by atoms with Crippen LogP contribution in [0.25, 0.3) is 10.8 Å². The largest absolute Gasteiger partial charge is 0.496 e. The summed E-state index contributed by atoms with van der Waals surface area (Å²) in [5.74, 6) is -0.182. The lowest BCUT2D eigenvalue weighted by molar-refractivity contribution is -0.136. The maximum absolute atomic E-state index is 13.4. The van der Waals surface area contributed by atoms with E-state index in [1.165, 1.54) is 38.5 Å². The normalized spacial score (nSPS) is 14.6. The predicted molar refractivity (Wildman–Crippen MR) is 148 cm³/mol. The number of carbonyl (C=O) groups excluding carboxylic acids is 2. The average Bonchev–Trinajstić information content (AvgIpc) is 3.45. The van der Waals surface area contributed by atoms with Gasteiger partial charge in [0.2, 0.25) is 0 Å². The van der Waals surface area contributed by atoms with Gasteiger partial charge in [-0.15, -0.1) is 0 Å². The number of amides is 1. The van der Waals surface area contributed by atoms with Crippen molar-refractivity contribution in [3.63, 3.8) is 0 Å². The highest BCUT2D eigenvalue weighted by atomic mass is 16.5. The van der Waals surface area contributed by atoms with Crippen LogP contribution >= 0.6 is 0 Å². The Labute approximate surface area is 226 Å². The van der Waals surface area contributed by atoms with Gasteiger partial charge in [-0.1, -0.05) is 66.7 Å². The number of nitrogens with zero attached hydrogens (tertiary/aromatic N) is 2. The fraction of sp³-hybridized carbons (Fsp3) is 0.194. The van der Waals surface area contributed by atoms with Crippen molar-refractivity contribution in [2.75, 3.05) is 27.9 Å². The number of rotatable bonds is 8. The Morgan fingerprint density at radius 3 is 2.18 bits per heavy atom. The summed E-state index contributed by atoms with van der Waals surface area (Å²) in [7, 11) is 4.38. The van der Waals surface area contributed by atoms with E-state index < -0.39 is 18.5 Å². The summed E-state index contributed by atoms with van der Waals surface area (Å²) in [5, 5.41) is 8.34. The first kappa shape index (κ1) is 25.8. The summed E-state index contributed by atoms with van der Waals surface area (Å²) >= 11 is 0. The molecule has 1 aliphatic heterocycles. The van der Waals surface area contributed by atoms with Gasteiger partial charge in [0.15, 0.2) is 18.1 Å². The van der Waals surface area contributed by atoms with Crippen LogP contribution < -0.4 is 14.2 Å². The molecule has 0 radical (unpaired) electrons. The summed E-state index contributed by atoms with van der Waals surface area (Å²) in [4.78, 5) is 26.4. The van der Waals surface area contributed by atoms with Gasteiger partial charge in [-0.25, -0.2) is 9.80 Å². The summed E-state index contributed by atoms with van der Waals surface area (Å²) in [6.45, 7) is -0.492. The van der Waals surface area contributed by atoms with Gasteiger partial charge in [-0.2, -0.15) is 5.10 Å². The molecule has 0 aromatic heterocycles. The molecule has 8 nitrogen and oxygen atoms in total. The molecule has 39 heavy (non-hydrogen) atoms. The second-order valence-corrected chi connectivity index (χ2v) is 8.96. The molecule has 0 bridgehead atoms. The minimum absolute atomic E-state index is 0.115. The van der Waals surface area contributed by atoms with Gasteiger partial charge in [-0.05, 0) is 28.0 Å². The van der Waals surface area contributed by atoms with Gasteiger partial charge in [0.1, 0.15) is 11.3 Å². The molecule has 0 spiro atoms. The highest BCUT2D eigenvalue weighted by molar-refractivity contribution is 6.05. The first-order valence-electron chi connectivity index (χ1n) is 12.4. The summed E-state index contributed by atoms with van der Waals surface area (Å²) < 4.78 is 21.3. The third-order valence-corrected chi connectivity index (χ3v) is 6.69. The van der Waals surface area contributed by atoms with Crippen LogP contribution in [0.2, 0.25) is 0 Å². The first-order chi connectivity index (χ1) is 19.0. The number of benzene rings is 4. The molecule has 198 valence electrons. The molecular formula is C31H28N2O6.